The molecule has 9 heteroatoms. The normalized spacial score (nSPS) is 19.7. The third-order valence-corrected chi connectivity index (χ3v) is 6.81. The first-order chi connectivity index (χ1) is 15.2. The zero-order chi connectivity index (χ0) is 22.8. The number of hydrogen-bond donors (Lipinski definition) is 2. The van der Waals surface area contributed by atoms with Crippen LogP contribution in [-0.2, 0) is 21.5 Å². The van der Waals surface area contributed by atoms with E-state index < -0.39 is 17.5 Å². The summed E-state index contributed by atoms with van der Waals surface area (Å²) in [5.41, 5.74) is 4.93. The van der Waals surface area contributed by atoms with E-state index in [1.807, 2.05) is 38.1 Å². The predicted molar refractivity (Wildman–Crippen MR) is 121 cm³/mol. The fourth-order valence-corrected chi connectivity index (χ4v) is 5.33. The molecule has 3 heterocycles. The zero-order valence-corrected chi connectivity index (χ0v) is 18.9. The number of aromatic amines is 1. The van der Waals surface area contributed by atoms with E-state index in [0.717, 1.165) is 27.2 Å². The average Bonchev–Trinajstić information content (AvgIpc) is 3.11. The maximum atomic E-state index is 13.4. The molecule has 3 amide bonds. The maximum absolute atomic E-state index is 13.4. The number of nitrogens with zero attached hydrogens (tertiary/aromatic N) is 2. The number of H-pyrrole nitrogens is 1. The second-order valence-electron chi connectivity index (χ2n) is 8.56. The fraction of sp³-hybridized carbons (Fsp3) is 0.261. The van der Waals surface area contributed by atoms with Crippen molar-refractivity contribution in [2.45, 2.75) is 31.8 Å². The minimum Gasteiger partial charge on any atom is -0.356 e. The van der Waals surface area contributed by atoms with Crippen LogP contribution >= 0.6 is 23.2 Å². The third-order valence-electron chi connectivity index (χ3n) is 6.26. The Morgan fingerprint density at radius 2 is 1.91 bits per heavy atom. The predicted octanol–water partition coefficient (Wildman–Crippen LogP) is 3.65. The number of aromatic nitrogens is 1. The summed E-state index contributed by atoms with van der Waals surface area (Å²) >= 11 is 12.0. The van der Waals surface area contributed by atoms with Gasteiger partial charge in [-0.1, -0.05) is 41.4 Å². The Morgan fingerprint density at radius 1 is 1.16 bits per heavy atom. The van der Waals surface area contributed by atoms with Gasteiger partial charge >= 0.3 is 0 Å². The van der Waals surface area contributed by atoms with Crippen molar-refractivity contribution in [1.29, 1.82) is 0 Å². The lowest BCUT2D eigenvalue weighted by atomic mass is 9.82. The number of rotatable bonds is 2. The Labute approximate surface area is 194 Å². The Kier molecular flexibility index (Phi) is 4.72. The van der Waals surface area contributed by atoms with Gasteiger partial charge in [-0.25, -0.2) is 5.01 Å². The molecular formula is C23H20Cl2N4O3. The number of halogens is 2. The SMILES string of the molecule is CC1(C)c2[nH]c3ccccc3c2CC2C(=O)N(NC(=O)c3ccc(Cl)cc3Cl)CC(=O)N21. The monoisotopic (exact) mass is 470 g/mol. The van der Waals surface area contributed by atoms with E-state index >= 15 is 0 Å². The van der Waals surface area contributed by atoms with Crippen molar-refractivity contribution >= 4 is 51.8 Å². The lowest BCUT2D eigenvalue weighted by molar-refractivity contribution is -0.166. The minimum atomic E-state index is -0.723. The summed E-state index contributed by atoms with van der Waals surface area (Å²) in [5, 5.41) is 2.68. The van der Waals surface area contributed by atoms with Gasteiger partial charge in [-0.3, -0.25) is 19.8 Å². The third kappa shape index (κ3) is 3.07. The summed E-state index contributed by atoms with van der Waals surface area (Å²) in [6.45, 7) is 3.60. The summed E-state index contributed by atoms with van der Waals surface area (Å²) in [4.78, 5) is 44.4. The van der Waals surface area contributed by atoms with Crippen LogP contribution in [-0.4, -0.2) is 45.2 Å². The molecule has 2 N–H and O–H groups in total. The van der Waals surface area contributed by atoms with Gasteiger partial charge in [0, 0.05) is 28.0 Å². The van der Waals surface area contributed by atoms with E-state index in [0.29, 0.717) is 11.4 Å². The first-order valence-electron chi connectivity index (χ1n) is 10.2. The van der Waals surface area contributed by atoms with Crippen LogP contribution in [0.5, 0.6) is 0 Å². The van der Waals surface area contributed by atoms with E-state index in [-0.39, 0.29) is 28.9 Å². The number of nitrogens with one attached hydrogen (secondary N) is 2. The number of amides is 3. The highest BCUT2D eigenvalue weighted by atomic mass is 35.5. The van der Waals surface area contributed by atoms with Gasteiger partial charge in [-0.05, 0) is 43.7 Å². The molecule has 164 valence electrons. The molecule has 1 aromatic heterocycles. The number of carbonyl (C=O) groups is 3. The van der Waals surface area contributed by atoms with Crippen LogP contribution in [0.3, 0.4) is 0 Å². The van der Waals surface area contributed by atoms with E-state index in [2.05, 4.69) is 10.4 Å². The van der Waals surface area contributed by atoms with Crippen LogP contribution in [0.2, 0.25) is 10.0 Å². The smallest absolute Gasteiger partial charge is 0.271 e. The fourth-order valence-electron chi connectivity index (χ4n) is 4.83. The average molecular weight is 471 g/mol. The molecule has 0 aliphatic carbocycles. The number of benzene rings is 2. The number of hydrazine groups is 1. The van der Waals surface area contributed by atoms with Gasteiger partial charge in [0.05, 0.1) is 16.1 Å². The largest absolute Gasteiger partial charge is 0.356 e. The number of fused-ring (bicyclic) bond motifs is 4. The van der Waals surface area contributed by atoms with Crippen LogP contribution in [0, 0.1) is 0 Å². The number of para-hydroxylation sites is 1. The van der Waals surface area contributed by atoms with Gasteiger partial charge in [0.2, 0.25) is 5.91 Å². The van der Waals surface area contributed by atoms with Crippen molar-refractivity contribution in [2.24, 2.45) is 0 Å². The molecule has 5 rings (SSSR count). The van der Waals surface area contributed by atoms with Gasteiger partial charge in [0.15, 0.2) is 0 Å². The highest BCUT2D eigenvalue weighted by Gasteiger charge is 2.51. The second-order valence-corrected chi connectivity index (χ2v) is 9.40. The van der Waals surface area contributed by atoms with Crippen molar-refractivity contribution in [3.8, 4) is 0 Å². The Hall–Kier alpha value is -3.03. The lowest BCUT2D eigenvalue weighted by Crippen LogP contribution is -2.69. The summed E-state index contributed by atoms with van der Waals surface area (Å²) < 4.78 is 0. The van der Waals surface area contributed by atoms with E-state index in [4.69, 9.17) is 23.2 Å². The highest BCUT2D eigenvalue weighted by molar-refractivity contribution is 6.36. The van der Waals surface area contributed by atoms with Crippen molar-refractivity contribution < 1.29 is 14.4 Å². The molecule has 1 fully saturated rings. The van der Waals surface area contributed by atoms with Crippen molar-refractivity contribution in [1.82, 2.24) is 20.3 Å². The molecule has 0 radical (unpaired) electrons. The van der Waals surface area contributed by atoms with Crippen molar-refractivity contribution in [2.75, 3.05) is 6.54 Å². The van der Waals surface area contributed by atoms with Gasteiger partial charge in [0.25, 0.3) is 11.8 Å². The molecule has 3 aromatic rings. The van der Waals surface area contributed by atoms with Crippen molar-refractivity contribution in [3.63, 3.8) is 0 Å². The summed E-state index contributed by atoms with van der Waals surface area (Å²) in [6.07, 6.45) is 0.363. The Morgan fingerprint density at radius 3 is 2.66 bits per heavy atom. The molecule has 2 aliphatic rings. The van der Waals surface area contributed by atoms with Gasteiger partial charge in [0.1, 0.15) is 12.6 Å². The van der Waals surface area contributed by atoms with E-state index in [1.54, 1.807) is 4.90 Å². The molecule has 2 aromatic carbocycles. The van der Waals surface area contributed by atoms with Gasteiger partial charge in [-0.15, -0.1) is 0 Å². The van der Waals surface area contributed by atoms with Crippen LogP contribution in [0.1, 0.15) is 35.5 Å². The van der Waals surface area contributed by atoms with Crippen LogP contribution in [0.4, 0.5) is 0 Å². The summed E-state index contributed by atoms with van der Waals surface area (Å²) in [7, 11) is 0. The highest BCUT2D eigenvalue weighted by Crippen LogP contribution is 2.42. The maximum Gasteiger partial charge on any atom is 0.271 e. The molecule has 1 saturated heterocycles. The van der Waals surface area contributed by atoms with E-state index in [9.17, 15) is 14.4 Å². The minimum absolute atomic E-state index is 0.162. The van der Waals surface area contributed by atoms with Gasteiger partial charge < -0.3 is 9.88 Å². The van der Waals surface area contributed by atoms with Crippen LogP contribution < -0.4 is 5.43 Å². The molecule has 0 saturated carbocycles. The van der Waals surface area contributed by atoms with E-state index in [1.165, 1.54) is 18.2 Å². The summed E-state index contributed by atoms with van der Waals surface area (Å²) in [6, 6.07) is 11.6. The number of piperazine rings is 1. The molecule has 0 spiro atoms. The van der Waals surface area contributed by atoms with Crippen LogP contribution in [0.25, 0.3) is 10.9 Å². The molecule has 0 bridgehead atoms. The Balaban J connectivity index is 1.48. The molecular weight excluding hydrogens is 451 g/mol. The van der Waals surface area contributed by atoms with Gasteiger partial charge in [-0.2, -0.15) is 0 Å². The second kappa shape index (κ2) is 7.25. The first kappa shape index (κ1) is 20.8. The molecule has 7 nitrogen and oxygen atoms in total. The standard InChI is InChI=1S/C23H20Cl2N4O3/c1-23(2)20-15(13-5-3-4-6-17(13)26-20)10-18-22(32)28(11-19(30)29(18)23)27-21(31)14-8-7-12(24)9-16(14)25/h3-9,18,26H,10-11H2,1-2H3,(H,27,31). The molecule has 1 atom stereocenters. The molecule has 32 heavy (non-hydrogen) atoms. The first-order valence-corrected chi connectivity index (χ1v) is 10.9. The quantitative estimate of drug-likeness (QED) is 0.599. The number of carbonyl (C=O) groups excluding carboxylic acids is 3. The summed E-state index contributed by atoms with van der Waals surface area (Å²) in [5.74, 6) is -1.16. The number of hydrogen-bond acceptors (Lipinski definition) is 3. The Bertz CT molecular complexity index is 1300. The topological polar surface area (TPSA) is 85.5 Å². The molecule has 1 unspecified atom stereocenters. The lowest BCUT2D eigenvalue weighted by Gasteiger charge is -2.50. The zero-order valence-electron chi connectivity index (χ0n) is 17.4. The molecule has 2 aliphatic heterocycles. The van der Waals surface area contributed by atoms with Crippen LogP contribution in [0.15, 0.2) is 42.5 Å². The van der Waals surface area contributed by atoms with Crippen molar-refractivity contribution in [3.05, 3.63) is 69.3 Å².